The van der Waals surface area contributed by atoms with Gasteiger partial charge in [-0.25, -0.2) is 4.39 Å². The molecule has 11 heteroatoms. The van der Waals surface area contributed by atoms with Crippen molar-refractivity contribution in [3.63, 3.8) is 0 Å². The average Bonchev–Trinajstić information content (AvgIpc) is 3.73. The van der Waals surface area contributed by atoms with Crippen LogP contribution in [-0.4, -0.2) is 82.3 Å². The fourth-order valence-electron chi connectivity index (χ4n) is 10.3. The number of alkyl halides is 1. The Bertz CT molecular complexity index is 2550. The zero-order valence-electron chi connectivity index (χ0n) is 42.1. The third-order valence-electron chi connectivity index (χ3n) is 13.8. The molecule has 0 amide bonds. The first-order valence-electron chi connectivity index (χ1n) is 25.3. The van der Waals surface area contributed by atoms with Gasteiger partial charge in [0.2, 0.25) is 0 Å². The van der Waals surface area contributed by atoms with Crippen molar-refractivity contribution in [3.05, 3.63) is 216 Å². The maximum absolute atomic E-state index is 17.9. The number of allylic oxidation sites excluding steroid dienone is 1. The second kappa shape index (κ2) is 23.7. The maximum Gasteiger partial charge on any atom is 0.261 e. The van der Waals surface area contributed by atoms with Gasteiger partial charge >= 0.3 is 0 Å². The zero-order chi connectivity index (χ0) is 50.0. The number of fused-ring (bicyclic) bond motifs is 1. The van der Waals surface area contributed by atoms with Crippen molar-refractivity contribution >= 4 is 18.7 Å². The Morgan fingerprint density at radius 1 is 0.528 bits per heavy atom. The molecule has 9 nitrogen and oxygen atoms in total. The van der Waals surface area contributed by atoms with E-state index >= 15 is 4.39 Å². The van der Waals surface area contributed by atoms with Crippen LogP contribution in [0.2, 0.25) is 5.04 Å². The summed E-state index contributed by atoms with van der Waals surface area (Å²) in [5.74, 6) is -0.805. The molecule has 3 aliphatic rings. The van der Waals surface area contributed by atoms with Crippen molar-refractivity contribution in [2.45, 2.75) is 133 Å². The van der Waals surface area contributed by atoms with Crippen LogP contribution in [0.5, 0.6) is 0 Å². The van der Waals surface area contributed by atoms with Gasteiger partial charge in [0.25, 0.3) is 8.32 Å². The molecule has 9 rings (SSSR count). The summed E-state index contributed by atoms with van der Waals surface area (Å²) in [7, 11) is -3.02. The zero-order valence-corrected chi connectivity index (χ0v) is 43.1. The lowest BCUT2D eigenvalue weighted by atomic mass is 9.90. The van der Waals surface area contributed by atoms with Gasteiger partial charge in [-0.15, -0.1) is 0 Å². The molecular formula is C61H69FO9Si. The molecule has 0 saturated carbocycles. The Labute approximate surface area is 426 Å². The predicted molar refractivity (Wildman–Crippen MR) is 280 cm³/mol. The second-order valence-electron chi connectivity index (χ2n) is 20.5. The highest BCUT2D eigenvalue weighted by molar-refractivity contribution is 6.99. The van der Waals surface area contributed by atoms with Crippen LogP contribution in [0.3, 0.4) is 0 Å². The van der Waals surface area contributed by atoms with Crippen LogP contribution in [0, 0.1) is 0 Å². The van der Waals surface area contributed by atoms with Gasteiger partial charge in [0, 0.05) is 6.42 Å². The summed E-state index contributed by atoms with van der Waals surface area (Å²) >= 11 is 0. The number of halogens is 1. The van der Waals surface area contributed by atoms with Crippen LogP contribution in [0.1, 0.15) is 63.3 Å². The summed E-state index contributed by atoms with van der Waals surface area (Å²) in [5, 5.41) is 1.97. The van der Waals surface area contributed by atoms with Crippen molar-refractivity contribution < 1.29 is 46.7 Å². The third-order valence-corrected chi connectivity index (χ3v) is 18.8. The minimum Gasteiger partial charge on any atom is -0.487 e. The van der Waals surface area contributed by atoms with Crippen LogP contribution < -0.4 is 10.4 Å². The molecule has 0 bridgehead atoms. The van der Waals surface area contributed by atoms with Gasteiger partial charge in [0.1, 0.15) is 48.5 Å². The van der Waals surface area contributed by atoms with Gasteiger partial charge in [-0.1, -0.05) is 203 Å². The normalized spacial score (nSPS) is 24.4. The summed E-state index contributed by atoms with van der Waals surface area (Å²) in [6, 6.07) is 60.9. The third kappa shape index (κ3) is 12.5. The molecule has 0 spiro atoms. The fourth-order valence-corrected chi connectivity index (χ4v) is 14.9. The number of rotatable bonds is 21. The standard InChI is InChI=1S/C61H69FO9Si/c1-60(2,3)72(48-32-20-10-21-33-48,49-34-22-11-23-35-49)67-43-55-56-53(70-61(4,5)71-56)37-51(68-55)50(62)36-52-57(64-39-45-26-14-7-15-27-45)59(66-41-47-30-18-9-19-31-47)58(65-40-46-28-16-8-17-29-46)54(69-52)42-63-38-44-24-12-6-13-25-44/h6-35,37,50,52-59H,36,38-43H2,1-5H3/t50?,52-,53+,54-,55+,56+,57-,58-,59-/m0/s1. The Kier molecular flexibility index (Phi) is 17.0. The average molecular weight is 993 g/mol. The van der Waals surface area contributed by atoms with E-state index in [1.165, 1.54) is 0 Å². The quantitative estimate of drug-likeness (QED) is 0.0655. The summed E-state index contributed by atoms with van der Waals surface area (Å²) in [6.45, 7) is 11.9. The van der Waals surface area contributed by atoms with Gasteiger partial charge in [-0.2, -0.15) is 0 Å². The van der Waals surface area contributed by atoms with E-state index in [2.05, 4.69) is 69.3 Å². The molecule has 9 atom stereocenters. The van der Waals surface area contributed by atoms with Gasteiger partial charge in [-0.3, -0.25) is 0 Å². The first-order chi connectivity index (χ1) is 35.0. The Hall–Kier alpha value is -5.31. The fraction of sp³-hybridized carbons (Fsp3) is 0.377. The highest BCUT2D eigenvalue weighted by atomic mass is 28.4. The molecule has 2 saturated heterocycles. The molecule has 1 unspecified atom stereocenters. The Morgan fingerprint density at radius 3 is 1.43 bits per heavy atom. The molecule has 6 aromatic rings. The molecule has 2 fully saturated rings. The van der Waals surface area contributed by atoms with Crippen LogP contribution in [0.4, 0.5) is 4.39 Å². The van der Waals surface area contributed by atoms with Crippen LogP contribution in [-0.2, 0) is 68.7 Å². The van der Waals surface area contributed by atoms with Crippen LogP contribution in [0.25, 0.3) is 0 Å². The highest BCUT2D eigenvalue weighted by Gasteiger charge is 2.55. The predicted octanol–water partition coefficient (Wildman–Crippen LogP) is 10.8. The lowest BCUT2D eigenvalue weighted by Crippen LogP contribution is -2.67. The van der Waals surface area contributed by atoms with Gasteiger partial charge in [0.15, 0.2) is 12.0 Å². The smallest absolute Gasteiger partial charge is 0.261 e. The molecule has 3 aliphatic heterocycles. The van der Waals surface area contributed by atoms with Crippen LogP contribution >= 0.6 is 0 Å². The van der Waals surface area contributed by atoms with Crippen molar-refractivity contribution in [2.75, 3.05) is 13.2 Å². The van der Waals surface area contributed by atoms with Crippen molar-refractivity contribution in [2.24, 2.45) is 0 Å². The van der Waals surface area contributed by atoms with Gasteiger partial charge in [0.05, 0.1) is 45.7 Å². The van der Waals surface area contributed by atoms with E-state index in [9.17, 15) is 0 Å². The minimum absolute atomic E-state index is 0.124. The molecule has 0 N–H and O–H groups in total. The monoisotopic (exact) mass is 992 g/mol. The summed E-state index contributed by atoms with van der Waals surface area (Å²) in [5.41, 5.74) is 3.95. The number of benzene rings is 6. The van der Waals surface area contributed by atoms with E-state index in [4.69, 9.17) is 42.3 Å². The summed E-state index contributed by atoms with van der Waals surface area (Å²) in [6.07, 6.45) is -5.54. The van der Waals surface area contributed by atoms with Gasteiger partial charge < -0.3 is 42.3 Å². The topological polar surface area (TPSA) is 83.1 Å². The molecule has 0 radical (unpaired) electrons. The molecular weight excluding hydrogens is 924 g/mol. The Morgan fingerprint density at radius 2 is 0.958 bits per heavy atom. The first kappa shape index (κ1) is 51.6. The molecule has 0 aliphatic carbocycles. The maximum atomic E-state index is 17.9. The van der Waals surface area contributed by atoms with Crippen molar-refractivity contribution in [1.82, 2.24) is 0 Å². The molecule has 72 heavy (non-hydrogen) atoms. The number of ether oxygens (including phenoxy) is 8. The van der Waals surface area contributed by atoms with Crippen molar-refractivity contribution in [3.8, 4) is 0 Å². The SMILES string of the molecule is CC1(C)O[C@@H]2[C@@H](C=C(C(F)C[C@@H]3O[C@@H](COCc4ccccc4)[C@H](OCc4ccccc4)[C@@H](OCc4ccccc4)[C@H]3OCc3ccccc3)O[C@@H]2CO[Si](c2ccccc2)(c2ccccc2)C(C)(C)C)O1. The lowest BCUT2D eigenvalue weighted by Gasteiger charge is -2.47. The van der Waals surface area contributed by atoms with Crippen LogP contribution in [0.15, 0.2) is 194 Å². The van der Waals surface area contributed by atoms with Gasteiger partial charge in [-0.05, 0) is 57.6 Å². The number of hydrogen-bond donors (Lipinski definition) is 0. The van der Waals surface area contributed by atoms with E-state index in [0.29, 0.717) is 6.61 Å². The van der Waals surface area contributed by atoms with E-state index in [1.807, 2.05) is 147 Å². The Balaban J connectivity index is 1.04. The summed E-state index contributed by atoms with van der Waals surface area (Å²) < 4.78 is 79.5. The van der Waals surface area contributed by atoms with E-state index in [-0.39, 0.29) is 50.3 Å². The minimum atomic E-state index is -3.02. The molecule has 378 valence electrons. The molecule has 3 heterocycles. The second-order valence-corrected chi connectivity index (χ2v) is 24.8. The largest absolute Gasteiger partial charge is 0.487 e. The summed E-state index contributed by atoms with van der Waals surface area (Å²) in [4.78, 5) is 0. The first-order valence-corrected chi connectivity index (χ1v) is 27.2. The highest BCUT2D eigenvalue weighted by Crippen LogP contribution is 2.42. The molecule has 0 aromatic heterocycles. The van der Waals surface area contributed by atoms with E-state index in [1.54, 1.807) is 6.08 Å². The van der Waals surface area contributed by atoms with Crippen molar-refractivity contribution in [1.29, 1.82) is 0 Å². The van der Waals surface area contributed by atoms with E-state index in [0.717, 1.165) is 32.6 Å². The number of hydrogen-bond acceptors (Lipinski definition) is 9. The molecule has 6 aromatic carbocycles. The lowest BCUT2D eigenvalue weighted by molar-refractivity contribution is -0.275. The van der Waals surface area contributed by atoms with E-state index < -0.39 is 69.1 Å².